The first kappa shape index (κ1) is 48.9. The highest BCUT2D eigenvalue weighted by Gasteiger charge is 2.73. The summed E-state index contributed by atoms with van der Waals surface area (Å²) in [7, 11) is 0. The number of fused-ring (bicyclic) bond motifs is 4. The molecule has 0 aromatic carbocycles. The Morgan fingerprint density at radius 1 is 0.525 bits per heavy atom. The first-order chi connectivity index (χ1) is 29.2. The lowest BCUT2D eigenvalue weighted by atomic mass is 9.57. The molecule has 9 saturated heterocycles. The number of rotatable bonds is 14. The molecule has 9 aliphatic heterocycles. The molecular weight excluding hydrogens is 848 g/mol. The van der Waals surface area contributed by atoms with Crippen molar-refractivity contribution in [3.63, 3.8) is 0 Å². The molecule has 9 heterocycles. The Balaban J connectivity index is 0.000000165. The van der Waals surface area contributed by atoms with E-state index in [4.69, 9.17) is 57.8 Å². The van der Waals surface area contributed by atoms with Crippen LogP contribution in [0.15, 0.2) is 0 Å². The van der Waals surface area contributed by atoms with Crippen molar-refractivity contribution < 1.29 is 57.8 Å². The maximum Gasteiger partial charge on any atom is 0.201 e. The quantitative estimate of drug-likeness (QED) is 0.101. The third-order valence-electron chi connectivity index (χ3n) is 16.8. The molecule has 11 fully saturated rings. The lowest BCUT2D eigenvalue weighted by molar-refractivity contribution is -0.585. The van der Waals surface area contributed by atoms with E-state index >= 15 is 0 Å². The van der Waals surface area contributed by atoms with Gasteiger partial charge in [-0.2, -0.15) is 0 Å². The minimum Gasteiger partial charge on any atom is -0.396 e. The van der Waals surface area contributed by atoms with Crippen molar-refractivity contribution in [2.45, 2.75) is 218 Å². The summed E-state index contributed by atoms with van der Waals surface area (Å²) in [6.07, 6.45) is 18.7. The third kappa shape index (κ3) is 9.87. The molecule has 11 rings (SSSR count). The molecule has 1 N–H and O–H groups in total. The van der Waals surface area contributed by atoms with E-state index in [9.17, 15) is 0 Å². The number of aliphatic hydroxyl groups excluding tert-OH is 1. The highest BCUT2D eigenvalue weighted by Crippen LogP contribution is 2.64. The highest BCUT2D eigenvalue weighted by molar-refractivity contribution is 9.09. The number of unbranched alkanes of at least 4 members (excludes halogenated alkanes) is 6. The maximum absolute atomic E-state index is 8.92. The van der Waals surface area contributed by atoms with Crippen molar-refractivity contribution in [1.82, 2.24) is 0 Å². The molecule has 2 spiro atoms. The zero-order chi connectivity index (χ0) is 43.5. The van der Waals surface area contributed by atoms with Gasteiger partial charge in [0.05, 0.1) is 13.2 Å². The Bertz CT molecular complexity index is 1290. The molecule has 2 unspecified atom stereocenters. The van der Waals surface area contributed by atoms with Gasteiger partial charge in [0.1, 0.15) is 0 Å². The number of ether oxygens (including phenoxy) is 7. The molecule has 354 valence electrons. The van der Waals surface area contributed by atoms with Crippen molar-refractivity contribution in [2.24, 2.45) is 47.3 Å². The second-order valence-corrected chi connectivity index (χ2v) is 21.7. The van der Waals surface area contributed by atoms with E-state index < -0.39 is 46.9 Å². The predicted molar refractivity (Wildman–Crippen MR) is 233 cm³/mol. The molecule has 11 aliphatic rings. The number of aliphatic hydroxyl groups is 1. The largest absolute Gasteiger partial charge is 0.396 e. The molecule has 4 bridgehead atoms. The Labute approximate surface area is 376 Å². The van der Waals surface area contributed by atoms with E-state index in [-0.39, 0.29) is 24.4 Å². The average molecular weight is 932 g/mol. The summed E-state index contributed by atoms with van der Waals surface area (Å²) in [4.78, 5) is 24.2. The van der Waals surface area contributed by atoms with E-state index in [0.717, 1.165) is 95.8 Å². The fourth-order valence-corrected chi connectivity index (χ4v) is 13.0. The van der Waals surface area contributed by atoms with Gasteiger partial charge in [-0.25, -0.2) is 19.6 Å². The number of hydrogen-bond acceptors (Lipinski definition) is 12. The summed E-state index contributed by atoms with van der Waals surface area (Å²) in [6.45, 7) is 20.9. The topological polar surface area (TPSA) is 122 Å². The number of hydrogen-bond donors (Lipinski definition) is 1. The average Bonchev–Trinajstić information content (AvgIpc) is 3.65. The standard InChI is InChI=1S/C22H37BrO5.C22H38O6.C4H8O/c2*1-15-9-10-18-16(2)21(4,24-14-8-6-5-7-13-23)26-19-22(18)17(15)11-12-20(3,25-19)27-28-22;1-2-4-5-3-1/h15-19H,5-14H2,1-4H3;15-19,23H,5-14H2,1-4H3;1-4H2/t2*15-,16-,17?,18+,19+,20+,21+,22-;/m11./s1. The van der Waals surface area contributed by atoms with Crippen LogP contribution in [0.1, 0.15) is 171 Å². The van der Waals surface area contributed by atoms with Crippen molar-refractivity contribution >= 4 is 15.9 Å². The maximum atomic E-state index is 8.92. The Kier molecular flexibility index (Phi) is 16.4. The fraction of sp³-hybridized carbons (Fsp3) is 1.00. The summed E-state index contributed by atoms with van der Waals surface area (Å²) in [5.74, 6) is 0.129. The van der Waals surface area contributed by atoms with Gasteiger partial charge >= 0.3 is 0 Å². The van der Waals surface area contributed by atoms with Gasteiger partial charge in [0, 0.05) is 61.7 Å². The molecular formula is C48H83BrO12. The van der Waals surface area contributed by atoms with Crippen LogP contribution in [0.3, 0.4) is 0 Å². The lowest BCUT2D eigenvalue weighted by Gasteiger charge is -2.62. The molecule has 0 radical (unpaired) electrons. The second kappa shape index (κ2) is 20.5. The normalized spacial score (nSPS) is 48.1. The van der Waals surface area contributed by atoms with Crippen LogP contribution in [0.5, 0.6) is 0 Å². The molecule has 2 saturated carbocycles. The second-order valence-electron chi connectivity index (χ2n) is 20.9. The summed E-state index contributed by atoms with van der Waals surface area (Å²) in [6, 6.07) is 0. The summed E-state index contributed by atoms with van der Waals surface area (Å²) < 4.78 is 43.7. The molecule has 13 heteroatoms. The van der Waals surface area contributed by atoms with Gasteiger partial charge in [0.2, 0.25) is 11.6 Å². The SMILES string of the molecule is C1CCOC1.C[C@@H]1CC[C@H]2[C@@H](C)[C@@](C)(OCCCCCCBr)O[C@@H]3O[C@]4(C)CCC1[C@]32OO4.C[C@@H]1CC[C@H]2[C@@H](C)[C@@](C)(OCCCCCCO)O[C@@H]3O[C@]4(C)CCC1[C@]32OO4. The van der Waals surface area contributed by atoms with Gasteiger partial charge in [-0.15, -0.1) is 0 Å². The van der Waals surface area contributed by atoms with Crippen LogP contribution in [0.4, 0.5) is 0 Å². The van der Waals surface area contributed by atoms with Crippen molar-refractivity contribution in [2.75, 3.05) is 38.4 Å². The predicted octanol–water partition coefficient (Wildman–Crippen LogP) is 10.5. The van der Waals surface area contributed by atoms with Gasteiger partial charge in [-0.3, -0.25) is 0 Å². The minimum atomic E-state index is -0.747. The van der Waals surface area contributed by atoms with Crippen LogP contribution in [-0.4, -0.2) is 90.4 Å². The van der Waals surface area contributed by atoms with Crippen LogP contribution in [0.25, 0.3) is 0 Å². The van der Waals surface area contributed by atoms with Crippen molar-refractivity contribution in [3.8, 4) is 0 Å². The van der Waals surface area contributed by atoms with E-state index in [1.54, 1.807) is 0 Å². The Morgan fingerprint density at radius 3 is 1.38 bits per heavy atom. The first-order valence-corrected chi connectivity index (χ1v) is 25.8. The van der Waals surface area contributed by atoms with Gasteiger partial charge in [-0.1, -0.05) is 69.3 Å². The van der Waals surface area contributed by atoms with E-state index in [2.05, 4.69) is 57.5 Å². The lowest BCUT2D eigenvalue weighted by Crippen LogP contribution is -2.72. The molecule has 12 nitrogen and oxygen atoms in total. The number of halogens is 1. The van der Waals surface area contributed by atoms with Gasteiger partial charge < -0.3 is 38.3 Å². The van der Waals surface area contributed by atoms with Crippen LogP contribution < -0.4 is 0 Å². The van der Waals surface area contributed by atoms with Crippen molar-refractivity contribution in [3.05, 3.63) is 0 Å². The smallest absolute Gasteiger partial charge is 0.201 e. The molecule has 16 atom stereocenters. The van der Waals surface area contributed by atoms with Gasteiger partial charge in [0.25, 0.3) is 0 Å². The minimum absolute atomic E-state index is 0.186. The van der Waals surface area contributed by atoms with Crippen LogP contribution in [-0.2, 0) is 52.7 Å². The van der Waals surface area contributed by atoms with Crippen LogP contribution in [0, 0.1) is 47.3 Å². The zero-order valence-electron chi connectivity index (χ0n) is 39.1. The molecule has 0 amide bonds. The number of alkyl halides is 1. The first-order valence-electron chi connectivity index (χ1n) is 24.7. The van der Waals surface area contributed by atoms with E-state index in [1.165, 1.54) is 44.9 Å². The molecule has 0 aromatic heterocycles. The van der Waals surface area contributed by atoms with E-state index in [0.29, 0.717) is 36.2 Å². The van der Waals surface area contributed by atoms with Gasteiger partial charge in [0.15, 0.2) is 35.4 Å². The molecule has 0 aromatic rings. The highest BCUT2D eigenvalue weighted by atomic mass is 79.9. The monoisotopic (exact) mass is 931 g/mol. The molecule has 2 aliphatic carbocycles. The summed E-state index contributed by atoms with van der Waals surface area (Å²) in [5.41, 5.74) is -1.04. The summed E-state index contributed by atoms with van der Waals surface area (Å²) in [5, 5.41) is 10.0. The Hall–Kier alpha value is -0.0000000000000000139. The summed E-state index contributed by atoms with van der Waals surface area (Å²) >= 11 is 3.50. The van der Waals surface area contributed by atoms with Crippen LogP contribution >= 0.6 is 15.9 Å². The van der Waals surface area contributed by atoms with Gasteiger partial charge in [-0.05, 0) is 128 Å². The Morgan fingerprint density at radius 2 is 0.967 bits per heavy atom. The fourth-order valence-electron chi connectivity index (χ4n) is 12.6. The van der Waals surface area contributed by atoms with Crippen molar-refractivity contribution in [1.29, 1.82) is 0 Å². The van der Waals surface area contributed by atoms with Crippen LogP contribution in [0.2, 0.25) is 0 Å². The molecule has 61 heavy (non-hydrogen) atoms. The van der Waals surface area contributed by atoms with E-state index in [1.807, 2.05) is 13.8 Å². The third-order valence-corrected chi connectivity index (χ3v) is 17.3. The zero-order valence-corrected chi connectivity index (χ0v) is 40.6.